The van der Waals surface area contributed by atoms with E-state index in [2.05, 4.69) is 10.3 Å². The molecule has 2 aromatic rings. The fourth-order valence-corrected chi connectivity index (χ4v) is 3.37. The number of ether oxygens (including phenoxy) is 2. The maximum atomic E-state index is 10.8. The van der Waals surface area contributed by atoms with Crippen LogP contribution in [-0.4, -0.2) is 40.1 Å². The van der Waals surface area contributed by atoms with E-state index >= 15 is 0 Å². The summed E-state index contributed by atoms with van der Waals surface area (Å²) in [5.41, 5.74) is 1.36. The van der Waals surface area contributed by atoms with E-state index in [4.69, 9.17) is 9.47 Å². The van der Waals surface area contributed by atoms with Crippen LogP contribution in [0.15, 0.2) is 24.5 Å². The molecule has 3 heterocycles. The number of aliphatic hydroxyl groups is 1. The Hall–Kier alpha value is -2.05. The molecule has 1 aromatic carbocycles. The average Bonchev–Trinajstić information content (AvgIpc) is 3.15. The van der Waals surface area contributed by atoms with Crippen LogP contribution in [0.25, 0.3) is 11.4 Å². The smallest absolute Gasteiger partial charge is 0.231 e. The highest BCUT2D eigenvalue weighted by molar-refractivity contribution is 5.66. The SMILES string of the molecule is Cc1cc2c(cc1-c1nccn1CC1(O)CCCNC1)OCO2. The highest BCUT2D eigenvalue weighted by atomic mass is 16.7. The molecular weight excluding hydrogens is 294 g/mol. The second kappa shape index (κ2) is 5.54. The van der Waals surface area contributed by atoms with Crippen LogP contribution in [0.4, 0.5) is 0 Å². The molecule has 1 fully saturated rings. The topological polar surface area (TPSA) is 68.5 Å². The van der Waals surface area contributed by atoms with E-state index in [9.17, 15) is 5.11 Å². The summed E-state index contributed by atoms with van der Waals surface area (Å²) in [4.78, 5) is 4.50. The molecule has 6 heteroatoms. The molecule has 0 radical (unpaired) electrons. The van der Waals surface area contributed by atoms with Crippen molar-refractivity contribution in [2.75, 3.05) is 19.9 Å². The fourth-order valence-electron chi connectivity index (χ4n) is 3.37. The molecule has 0 amide bonds. The van der Waals surface area contributed by atoms with E-state index in [0.29, 0.717) is 13.1 Å². The Labute approximate surface area is 135 Å². The third kappa shape index (κ3) is 2.68. The summed E-state index contributed by atoms with van der Waals surface area (Å²) in [5.74, 6) is 2.37. The van der Waals surface area contributed by atoms with E-state index in [0.717, 1.165) is 47.8 Å². The van der Waals surface area contributed by atoms with Crippen molar-refractivity contribution in [3.05, 3.63) is 30.1 Å². The summed E-state index contributed by atoms with van der Waals surface area (Å²) in [5, 5.41) is 14.1. The molecule has 23 heavy (non-hydrogen) atoms. The number of piperidine rings is 1. The number of aromatic nitrogens is 2. The molecule has 0 spiro atoms. The van der Waals surface area contributed by atoms with Crippen molar-refractivity contribution in [2.24, 2.45) is 0 Å². The Bertz CT molecular complexity index is 720. The van der Waals surface area contributed by atoms with Gasteiger partial charge in [-0.1, -0.05) is 0 Å². The lowest BCUT2D eigenvalue weighted by molar-refractivity contribution is 0.00105. The van der Waals surface area contributed by atoms with Gasteiger partial charge in [0, 0.05) is 24.5 Å². The van der Waals surface area contributed by atoms with Gasteiger partial charge in [0.05, 0.1) is 12.1 Å². The van der Waals surface area contributed by atoms with Crippen LogP contribution >= 0.6 is 0 Å². The number of benzene rings is 1. The fraction of sp³-hybridized carbons (Fsp3) is 0.471. The molecule has 1 aromatic heterocycles. The minimum absolute atomic E-state index is 0.262. The molecule has 1 atom stereocenters. The number of imidazole rings is 1. The largest absolute Gasteiger partial charge is 0.454 e. The summed E-state index contributed by atoms with van der Waals surface area (Å²) in [7, 11) is 0. The van der Waals surface area contributed by atoms with Gasteiger partial charge in [-0.05, 0) is 44.0 Å². The Morgan fingerprint density at radius 2 is 2.17 bits per heavy atom. The normalized spacial score (nSPS) is 23.2. The van der Waals surface area contributed by atoms with Gasteiger partial charge in [0.1, 0.15) is 5.82 Å². The second-order valence-electron chi connectivity index (χ2n) is 6.40. The number of aryl methyl sites for hydroxylation is 1. The Balaban J connectivity index is 1.67. The second-order valence-corrected chi connectivity index (χ2v) is 6.40. The summed E-state index contributed by atoms with van der Waals surface area (Å²) >= 11 is 0. The van der Waals surface area contributed by atoms with E-state index in [1.807, 2.05) is 29.8 Å². The molecule has 4 rings (SSSR count). The first kappa shape index (κ1) is 14.5. The van der Waals surface area contributed by atoms with E-state index in [1.54, 1.807) is 6.20 Å². The van der Waals surface area contributed by atoms with Gasteiger partial charge in [-0.3, -0.25) is 0 Å². The number of hydrogen-bond donors (Lipinski definition) is 2. The Morgan fingerprint density at radius 3 is 2.96 bits per heavy atom. The van der Waals surface area contributed by atoms with Crippen molar-refractivity contribution >= 4 is 0 Å². The highest BCUT2D eigenvalue weighted by Crippen LogP contribution is 2.38. The van der Waals surface area contributed by atoms with E-state index in [-0.39, 0.29) is 6.79 Å². The first-order valence-electron chi connectivity index (χ1n) is 7.99. The Morgan fingerprint density at radius 1 is 1.35 bits per heavy atom. The number of rotatable bonds is 3. The maximum absolute atomic E-state index is 10.8. The summed E-state index contributed by atoms with van der Waals surface area (Å²) in [6.07, 6.45) is 5.49. The number of fused-ring (bicyclic) bond motifs is 1. The minimum atomic E-state index is -0.724. The van der Waals surface area contributed by atoms with Gasteiger partial charge in [0.25, 0.3) is 0 Å². The lowest BCUT2D eigenvalue weighted by atomic mass is 9.94. The molecule has 1 saturated heterocycles. The summed E-state index contributed by atoms with van der Waals surface area (Å²) < 4.78 is 12.9. The molecule has 2 N–H and O–H groups in total. The van der Waals surface area contributed by atoms with Crippen molar-refractivity contribution in [1.82, 2.24) is 14.9 Å². The number of nitrogens with zero attached hydrogens (tertiary/aromatic N) is 2. The zero-order valence-corrected chi connectivity index (χ0v) is 13.2. The third-order valence-electron chi connectivity index (χ3n) is 4.59. The van der Waals surface area contributed by atoms with Gasteiger partial charge in [-0.25, -0.2) is 4.98 Å². The van der Waals surface area contributed by atoms with Crippen LogP contribution in [0, 0.1) is 6.92 Å². The van der Waals surface area contributed by atoms with Crippen LogP contribution < -0.4 is 14.8 Å². The van der Waals surface area contributed by atoms with Crippen molar-refractivity contribution < 1.29 is 14.6 Å². The molecule has 0 saturated carbocycles. The number of nitrogens with one attached hydrogen (secondary N) is 1. The molecule has 122 valence electrons. The van der Waals surface area contributed by atoms with Crippen LogP contribution in [0.1, 0.15) is 18.4 Å². The Kier molecular flexibility index (Phi) is 3.50. The zero-order chi connectivity index (χ0) is 15.9. The zero-order valence-electron chi connectivity index (χ0n) is 13.2. The van der Waals surface area contributed by atoms with Gasteiger partial charge in [0.15, 0.2) is 11.5 Å². The van der Waals surface area contributed by atoms with Crippen molar-refractivity contribution in [2.45, 2.75) is 31.9 Å². The lowest BCUT2D eigenvalue weighted by Gasteiger charge is -2.33. The van der Waals surface area contributed by atoms with E-state index < -0.39 is 5.60 Å². The number of β-amino-alcohol motifs (C(OH)–C–C–N with tert-alkyl or cyclic N) is 1. The van der Waals surface area contributed by atoms with Gasteiger partial charge < -0.3 is 24.5 Å². The van der Waals surface area contributed by atoms with E-state index in [1.165, 1.54) is 0 Å². The quantitative estimate of drug-likeness (QED) is 0.902. The molecule has 2 aliphatic rings. The maximum Gasteiger partial charge on any atom is 0.231 e. The predicted octanol–water partition coefficient (Wildman–Crippen LogP) is 1.70. The van der Waals surface area contributed by atoms with Crippen molar-refractivity contribution in [1.29, 1.82) is 0 Å². The van der Waals surface area contributed by atoms with Crippen LogP contribution in [0.5, 0.6) is 11.5 Å². The summed E-state index contributed by atoms with van der Waals surface area (Å²) in [6, 6.07) is 3.95. The van der Waals surface area contributed by atoms with Gasteiger partial charge in [-0.15, -0.1) is 0 Å². The van der Waals surface area contributed by atoms with Crippen LogP contribution in [0.3, 0.4) is 0 Å². The first-order chi connectivity index (χ1) is 11.1. The first-order valence-corrected chi connectivity index (χ1v) is 7.99. The van der Waals surface area contributed by atoms with Crippen molar-refractivity contribution in [3.63, 3.8) is 0 Å². The monoisotopic (exact) mass is 315 g/mol. The molecule has 1 unspecified atom stereocenters. The van der Waals surface area contributed by atoms with Crippen LogP contribution in [-0.2, 0) is 6.54 Å². The highest BCUT2D eigenvalue weighted by Gasteiger charge is 2.30. The van der Waals surface area contributed by atoms with Gasteiger partial charge >= 0.3 is 0 Å². The average molecular weight is 315 g/mol. The minimum Gasteiger partial charge on any atom is -0.454 e. The third-order valence-corrected chi connectivity index (χ3v) is 4.59. The van der Waals surface area contributed by atoms with Gasteiger partial charge in [-0.2, -0.15) is 0 Å². The standard InChI is InChI=1S/C17H21N3O3/c1-12-7-14-15(23-11-22-14)8-13(12)16-19-5-6-20(16)10-17(21)3-2-4-18-9-17/h5-8,18,21H,2-4,9-11H2,1H3. The molecular formula is C17H21N3O3. The summed E-state index contributed by atoms with van der Waals surface area (Å²) in [6.45, 7) is 4.42. The van der Waals surface area contributed by atoms with Gasteiger partial charge in [0.2, 0.25) is 6.79 Å². The molecule has 0 bridgehead atoms. The van der Waals surface area contributed by atoms with Crippen molar-refractivity contribution in [3.8, 4) is 22.9 Å². The molecule has 2 aliphatic heterocycles. The lowest BCUT2D eigenvalue weighted by Crippen LogP contribution is -2.48. The number of hydrogen-bond acceptors (Lipinski definition) is 5. The predicted molar refractivity (Wildman–Crippen MR) is 85.6 cm³/mol. The van der Waals surface area contributed by atoms with Crippen LogP contribution in [0.2, 0.25) is 0 Å². The molecule has 6 nitrogen and oxygen atoms in total. The molecule has 0 aliphatic carbocycles.